The summed E-state index contributed by atoms with van der Waals surface area (Å²) in [5.74, 6) is 0.00704. The molecule has 1 rings (SSSR count). The maximum absolute atomic E-state index is 10.7. The van der Waals surface area contributed by atoms with E-state index in [-0.39, 0.29) is 17.8 Å². The van der Waals surface area contributed by atoms with Crippen LogP contribution in [0.3, 0.4) is 0 Å². The lowest BCUT2D eigenvalue weighted by molar-refractivity contribution is -0.396. The van der Waals surface area contributed by atoms with Crippen molar-refractivity contribution in [3.05, 3.63) is 0 Å². The molecule has 1 fully saturated rings. The zero-order valence-electron chi connectivity index (χ0n) is 8.76. The summed E-state index contributed by atoms with van der Waals surface area (Å²) in [6, 6.07) is 0. The Hall–Kier alpha value is -0.280. The molecule has 4 heteroatoms. The Morgan fingerprint density at radius 1 is 1.64 bits per heavy atom. The van der Waals surface area contributed by atoms with Crippen molar-refractivity contribution in [3.63, 3.8) is 0 Å². The van der Waals surface area contributed by atoms with E-state index in [0.29, 0.717) is 12.3 Å². The van der Waals surface area contributed by atoms with Gasteiger partial charge in [-0.2, -0.15) is 0 Å². The lowest BCUT2D eigenvalue weighted by Crippen LogP contribution is -3.00. The summed E-state index contributed by atoms with van der Waals surface area (Å²) in [4.78, 5) is 10.7. The fraction of sp³-hybridized carbons (Fsp3) is 0.900. The molecule has 84 valence electrons. The second-order valence-electron chi connectivity index (χ2n) is 4.52. The first kappa shape index (κ1) is 13.7. The summed E-state index contributed by atoms with van der Waals surface area (Å²) in [5, 5.41) is 8.82. The van der Waals surface area contributed by atoms with Crippen LogP contribution < -0.4 is 18.1 Å². The summed E-state index contributed by atoms with van der Waals surface area (Å²) in [5.41, 5.74) is 3.91. The van der Waals surface area contributed by atoms with Crippen LogP contribution in [-0.2, 0) is 4.79 Å². The van der Waals surface area contributed by atoms with Crippen molar-refractivity contribution in [3.8, 4) is 0 Å². The molecule has 0 heterocycles. The highest BCUT2D eigenvalue weighted by Crippen LogP contribution is 2.40. The van der Waals surface area contributed by atoms with Gasteiger partial charge in [0.1, 0.15) is 0 Å². The number of quaternary nitrogens is 1. The average molecular weight is 222 g/mol. The van der Waals surface area contributed by atoms with Crippen LogP contribution in [0.5, 0.6) is 0 Å². The molecule has 0 unspecified atom stereocenters. The molecule has 0 aromatic rings. The molecular formula is C10H20ClNO2. The maximum atomic E-state index is 10.7. The van der Waals surface area contributed by atoms with Crippen molar-refractivity contribution in [1.29, 1.82) is 0 Å². The highest BCUT2D eigenvalue weighted by Gasteiger charge is 2.37. The first-order valence-electron chi connectivity index (χ1n) is 5.09. The fourth-order valence-electron chi connectivity index (χ4n) is 2.57. The van der Waals surface area contributed by atoms with Crippen LogP contribution in [0.2, 0.25) is 0 Å². The van der Waals surface area contributed by atoms with Crippen molar-refractivity contribution in [2.75, 3.05) is 6.54 Å². The van der Waals surface area contributed by atoms with Crippen LogP contribution in [0, 0.1) is 11.3 Å². The standard InChI is InChI=1S/C10H19NO2.ClH/c1-8-3-2-4-10(5-8,7-11)6-9(12)13;/h8H,2-7,11H2,1H3,(H,12,13);1H/t8-,10+;/m0./s1. The van der Waals surface area contributed by atoms with E-state index in [1.807, 2.05) is 0 Å². The minimum absolute atomic E-state index is 0. The maximum Gasteiger partial charge on any atom is 0.304 e. The van der Waals surface area contributed by atoms with Gasteiger partial charge in [0, 0.05) is 5.41 Å². The monoisotopic (exact) mass is 221 g/mol. The van der Waals surface area contributed by atoms with Crippen molar-refractivity contribution >= 4 is 5.97 Å². The third-order valence-corrected chi connectivity index (χ3v) is 3.24. The van der Waals surface area contributed by atoms with Gasteiger partial charge in [-0.1, -0.05) is 19.8 Å². The van der Waals surface area contributed by atoms with Crippen LogP contribution in [0.25, 0.3) is 0 Å². The van der Waals surface area contributed by atoms with E-state index in [4.69, 9.17) is 5.11 Å². The van der Waals surface area contributed by atoms with E-state index in [9.17, 15) is 4.79 Å². The predicted octanol–water partition coefficient (Wildman–Crippen LogP) is -2.10. The zero-order valence-corrected chi connectivity index (χ0v) is 9.52. The van der Waals surface area contributed by atoms with Gasteiger partial charge in [-0.3, -0.25) is 4.79 Å². The number of aliphatic carboxylic acids is 1. The topological polar surface area (TPSA) is 64.9 Å². The largest absolute Gasteiger partial charge is 1.00 e. The molecule has 1 aliphatic rings. The van der Waals surface area contributed by atoms with Crippen molar-refractivity contribution in [2.45, 2.75) is 39.0 Å². The molecule has 0 radical (unpaired) electrons. The van der Waals surface area contributed by atoms with Gasteiger partial charge in [0.05, 0.1) is 13.0 Å². The van der Waals surface area contributed by atoms with E-state index >= 15 is 0 Å². The van der Waals surface area contributed by atoms with Crippen LogP contribution in [0.15, 0.2) is 0 Å². The number of hydrogen-bond acceptors (Lipinski definition) is 1. The summed E-state index contributed by atoms with van der Waals surface area (Å²) < 4.78 is 0. The third kappa shape index (κ3) is 3.46. The Balaban J connectivity index is 0.00000169. The zero-order chi connectivity index (χ0) is 9.90. The fourth-order valence-corrected chi connectivity index (χ4v) is 2.57. The van der Waals surface area contributed by atoms with Crippen LogP contribution in [-0.4, -0.2) is 17.6 Å². The highest BCUT2D eigenvalue weighted by molar-refractivity contribution is 5.67. The normalized spacial score (nSPS) is 32.0. The molecule has 1 aliphatic carbocycles. The minimum atomic E-state index is -0.669. The lowest BCUT2D eigenvalue weighted by Gasteiger charge is -2.36. The van der Waals surface area contributed by atoms with Gasteiger partial charge >= 0.3 is 5.97 Å². The highest BCUT2D eigenvalue weighted by atomic mass is 35.5. The number of hydrogen-bond donors (Lipinski definition) is 2. The Kier molecular flexibility index (Phi) is 5.45. The van der Waals surface area contributed by atoms with Crippen molar-refractivity contribution in [2.24, 2.45) is 11.3 Å². The van der Waals surface area contributed by atoms with E-state index in [1.54, 1.807) is 0 Å². The molecule has 0 saturated heterocycles. The van der Waals surface area contributed by atoms with Gasteiger partial charge in [-0.15, -0.1) is 0 Å². The molecule has 0 aliphatic heterocycles. The first-order chi connectivity index (χ1) is 6.08. The van der Waals surface area contributed by atoms with Crippen molar-refractivity contribution in [1.82, 2.24) is 0 Å². The average Bonchev–Trinajstić information content (AvgIpc) is 2.03. The molecular weight excluding hydrogens is 202 g/mol. The summed E-state index contributed by atoms with van der Waals surface area (Å²) >= 11 is 0. The lowest BCUT2D eigenvalue weighted by atomic mass is 9.68. The number of carboxylic acid groups (broad SMARTS) is 1. The van der Waals surface area contributed by atoms with Crippen molar-refractivity contribution < 1.29 is 28.0 Å². The second-order valence-corrected chi connectivity index (χ2v) is 4.52. The quantitative estimate of drug-likeness (QED) is 0.574. The molecule has 0 aromatic carbocycles. The molecule has 14 heavy (non-hydrogen) atoms. The van der Waals surface area contributed by atoms with Crippen LogP contribution >= 0.6 is 0 Å². The predicted molar refractivity (Wildman–Crippen MR) is 50.1 cm³/mol. The molecule has 3 nitrogen and oxygen atoms in total. The Morgan fingerprint density at radius 3 is 2.71 bits per heavy atom. The van der Waals surface area contributed by atoms with E-state index in [1.165, 1.54) is 12.8 Å². The van der Waals surface area contributed by atoms with Crippen LogP contribution in [0.4, 0.5) is 0 Å². The van der Waals surface area contributed by atoms with Gasteiger partial charge in [-0.05, 0) is 18.8 Å². The molecule has 0 spiro atoms. The summed E-state index contributed by atoms with van der Waals surface area (Å²) in [6.45, 7) is 2.98. The summed E-state index contributed by atoms with van der Waals surface area (Å²) in [7, 11) is 0. The minimum Gasteiger partial charge on any atom is -1.00 e. The van der Waals surface area contributed by atoms with Gasteiger partial charge in [0.2, 0.25) is 0 Å². The number of halogens is 1. The molecule has 0 amide bonds. The van der Waals surface area contributed by atoms with Gasteiger partial charge in [-0.25, -0.2) is 0 Å². The van der Waals surface area contributed by atoms with Gasteiger partial charge in [0.25, 0.3) is 0 Å². The van der Waals surface area contributed by atoms with Gasteiger partial charge in [0.15, 0.2) is 0 Å². The molecule has 0 bridgehead atoms. The Bertz CT molecular complexity index is 199. The smallest absolute Gasteiger partial charge is 0.304 e. The second kappa shape index (κ2) is 5.56. The molecule has 2 atom stereocenters. The van der Waals surface area contributed by atoms with E-state index < -0.39 is 5.97 Å². The molecule has 1 saturated carbocycles. The van der Waals surface area contributed by atoms with E-state index in [2.05, 4.69) is 12.7 Å². The van der Waals surface area contributed by atoms with Gasteiger partial charge < -0.3 is 23.2 Å². The van der Waals surface area contributed by atoms with Crippen LogP contribution in [0.1, 0.15) is 39.0 Å². The molecule has 4 N–H and O–H groups in total. The SMILES string of the molecule is C[C@H]1CCC[C@](C[NH3+])(CC(=O)O)C1.[Cl-]. The Morgan fingerprint density at radius 2 is 2.29 bits per heavy atom. The first-order valence-corrected chi connectivity index (χ1v) is 5.09. The number of rotatable bonds is 3. The number of carboxylic acids is 1. The Labute approximate surface area is 91.5 Å². The molecule has 0 aromatic heterocycles. The third-order valence-electron chi connectivity index (χ3n) is 3.24. The number of carbonyl (C=O) groups is 1. The summed E-state index contributed by atoms with van der Waals surface area (Å²) in [6.07, 6.45) is 4.82. The van der Waals surface area contributed by atoms with E-state index in [0.717, 1.165) is 19.4 Å².